The van der Waals surface area contributed by atoms with Crippen LogP contribution in [0, 0.1) is 0 Å². The van der Waals surface area contributed by atoms with Gasteiger partial charge in [-0.1, -0.05) is 0 Å². The number of benzene rings is 1. The van der Waals surface area contributed by atoms with E-state index in [1.165, 1.54) is 12.1 Å². The van der Waals surface area contributed by atoms with Gasteiger partial charge in [-0.25, -0.2) is 0 Å². The molecule has 0 N–H and O–H groups in total. The lowest BCUT2D eigenvalue weighted by atomic mass is 10.2. The summed E-state index contributed by atoms with van der Waals surface area (Å²) in [7, 11) is -1.24. The molecule has 5 heteroatoms. The predicted molar refractivity (Wildman–Crippen MR) is 58.1 cm³/mol. The first-order valence-corrected chi connectivity index (χ1v) is 7.34. The topological polar surface area (TPSA) is 0 Å². The van der Waals surface area contributed by atoms with Gasteiger partial charge >= 0.3 is 6.18 Å². The first-order valence-electron chi connectivity index (χ1n) is 3.84. The highest BCUT2D eigenvalue weighted by atomic mass is 33.1. The molecule has 0 fully saturated rings. The first-order chi connectivity index (χ1) is 6.21. The highest BCUT2D eigenvalue weighted by molar-refractivity contribution is 8.87. The van der Waals surface area contributed by atoms with E-state index in [9.17, 15) is 13.2 Å². The average Bonchev–Trinajstić information content (AvgIpc) is 2.01. The molecular weight excluding hydrogens is 229 g/mol. The Morgan fingerprint density at radius 3 is 1.79 bits per heavy atom. The molecule has 0 unspecified atom stereocenters. The van der Waals surface area contributed by atoms with Crippen LogP contribution >= 0.6 is 20.7 Å². The summed E-state index contributed by atoms with van der Waals surface area (Å²) < 4.78 is 36.6. The van der Waals surface area contributed by atoms with Gasteiger partial charge in [0.2, 0.25) is 0 Å². The standard InChI is InChI=1S/C9H11F3S2/c1-14(2,13)8-5-3-7(4-6-8)9(10,11)12/h3-6,13H,1-2H3. The fourth-order valence-corrected chi connectivity index (χ4v) is 2.14. The molecule has 0 saturated carbocycles. The van der Waals surface area contributed by atoms with Crippen LogP contribution in [0.15, 0.2) is 29.2 Å². The smallest absolute Gasteiger partial charge is 0.174 e. The van der Waals surface area contributed by atoms with Crippen molar-refractivity contribution >= 4 is 20.7 Å². The van der Waals surface area contributed by atoms with Crippen molar-refractivity contribution in [1.29, 1.82) is 0 Å². The zero-order valence-electron chi connectivity index (χ0n) is 7.80. The molecular formula is C9H11F3S2. The highest BCUT2D eigenvalue weighted by Gasteiger charge is 2.30. The highest BCUT2D eigenvalue weighted by Crippen LogP contribution is 2.53. The van der Waals surface area contributed by atoms with Crippen LogP contribution in [0.2, 0.25) is 0 Å². The summed E-state index contributed by atoms with van der Waals surface area (Å²) in [4.78, 5) is 0.855. The van der Waals surface area contributed by atoms with Gasteiger partial charge in [-0.05, 0) is 41.7 Å². The molecule has 80 valence electrons. The second kappa shape index (κ2) is 3.70. The third-order valence-corrected chi connectivity index (χ3v) is 3.82. The molecule has 0 atom stereocenters. The third-order valence-electron chi connectivity index (χ3n) is 1.76. The molecule has 14 heavy (non-hydrogen) atoms. The molecule has 0 aliphatic carbocycles. The number of alkyl halides is 3. The van der Waals surface area contributed by atoms with Crippen LogP contribution in [0.5, 0.6) is 0 Å². The molecule has 0 aliphatic rings. The minimum Gasteiger partial charge on any atom is -0.174 e. The van der Waals surface area contributed by atoms with E-state index in [2.05, 4.69) is 11.7 Å². The van der Waals surface area contributed by atoms with Crippen LogP contribution in [0.1, 0.15) is 5.56 Å². The Bertz CT molecular complexity index is 275. The fourth-order valence-electron chi connectivity index (χ4n) is 0.977. The fraction of sp³-hybridized carbons (Fsp3) is 0.333. The number of hydrogen-bond acceptors (Lipinski definition) is 1. The van der Waals surface area contributed by atoms with E-state index in [1.807, 2.05) is 12.5 Å². The Morgan fingerprint density at radius 2 is 1.50 bits per heavy atom. The van der Waals surface area contributed by atoms with Crippen LogP contribution in [0.3, 0.4) is 0 Å². The van der Waals surface area contributed by atoms with Crippen LogP contribution in [0.4, 0.5) is 13.2 Å². The molecule has 0 heterocycles. The van der Waals surface area contributed by atoms with E-state index in [0.29, 0.717) is 0 Å². The summed E-state index contributed by atoms with van der Waals surface area (Å²) >= 11 is 4.35. The van der Waals surface area contributed by atoms with Crippen molar-refractivity contribution in [2.45, 2.75) is 11.1 Å². The van der Waals surface area contributed by atoms with Crippen LogP contribution in [-0.4, -0.2) is 12.5 Å². The summed E-state index contributed by atoms with van der Waals surface area (Å²) in [6.07, 6.45) is -0.425. The maximum absolute atomic E-state index is 12.2. The van der Waals surface area contributed by atoms with Gasteiger partial charge in [0.25, 0.3) is 0 Å². The SMILES string of the molecule is CS(C)(S)c1ccc(C(F)(F)F)cc1. The Morgan fingerprint density at radius 1 is 1.07 bits per heavy atom. The molecule has 0 aliphatic heterocycles. The van der Waals surface area contributed by atoms with Crippen molar-refractivity contribution in [2.75, 3.05) is 12.5 Å². The maximum Gasteiger partial charge on any atom is 0.416 e. The number of thiol groups is 1. The number of hydrogen-bond donors (Lipinski definition) is 1. The van der Waals surface area contributed by atoms with E-state index in [4.69, 9.17) is 0 Å². The Balaban J connectivity index is 3.02. The van der Waals surface area contributed by atoms with Gasteiger partial charge < -0.3 is 0 Å². The van der Waals surface area contributed by atoms with Crippen LogP contribution in [-0.2, 0) is 6.18 Å². The Kier molecular flexibility index (Phi) is 3.11. The maximum atomic E-state index is 12.2. The summed E-state index contributed by atoms with van der Waals surface area (Å²) in [6.45, 7) is 0. The molecule has 0 amide bonds. The molecule has 0 saturated heterocycles. The van der Waals surface area contributed by atoms with Crippen molar-refractivity contribution in [1.82, 2.24) is 0 Å². The third kappa shape index (κ3) is 2.85. The largest absolute Gasteiger partial charge is 0.416 e. The van der Waals surface area contributed by atoms with Crippen LogP contribution < -0.4 is 0 Å². The molecule has 0 nitrogen and oxygen atoms in total. The van der Waals surface area contributed by atoms with Gasteiger partial charge in [0.15, 0.2) is 0 Å². The zero-order chi connectivity index (χ0) is 11.0. The molecule has 0 spiro atoms. The first kappa shape index (κ1) is 11.8. The van der Waals surface area contributed by atoms with E-state index in [0.717, 1.165) is 17.0 Å². The quantitative estimate of drug-likeness (QED) is 0.557. The summed E-state index contributed by atoms with van der Waals surface area (Å²) in [5, 5.41) is 0. The van der Waals surface area contributed by atoms with Gasteiger partial charge in [-0.3, -0.25) is 0 Å². The van der Waals surface area contributed by atoms with E-state index >= 15 is 0 Å². The van der Waals surface area contributed by atoms with Gasteiger partial charge in [-0.2, -0.15) is 22.2 Å². The lowest BCUT2D eigenvalue weighted by Crippen LogP contribution is -2.04. The average molecular weight is 240 g/mol. The normalized spacial score (nSPS) is 14.1. The Labute approximate surface area is 87.6 Å². The molecule has 0 radical (unpaired) electrons. The van der Waals surface area contributed by atoms with Crippen molar-refractivity contribution in [2.24, 2.45) is 0 Å². The minimum absolute atomic E-state index is 0.613. The molecule has 1 aromatic rings. The van der Waals surface area contributed by atoms with Crippen molar-refractivity contribution < 1.29 is 13.2 Å². The second-order valence-corrected chi connectivity index (χ2v) is 9.05. The van der Waals surface area contributed by atoms with Gasteiger partial charge in [0, 0.05) is 0 Å². The number of rotatable bonds is 1. The summed E-state index contributed by atoms with van der Waals surface area (Å²) in [5.41, 5.74) is -0.613. The van der Waals surface area contributed by atoms with E-state index in [1.54, 1.807) is 0 Å². The van der Waals surface area contributed by atoms with Crippen molar-refractivity contribution in [3.8, 4) is 0 Å². The lowest BCUT2D eigenvalue weighted by molar-refractivity contribution is -0.137. The molecule has 1 aromatic carbocycles. The monoisotopic (exact) mass is 240 g/mol. The molecule has 0 bridgehead atoms. The lowest BCUT2D eigenvalue weighted by Gasteiger charge is -2.24. The van der Waals surface area contributed by atoms with Gasteiger partial charge in [0.1, 0.15) is 0 Å². The summed E-state index contributed by atoms with van der Waals surface area (Å²) in [5.74, 6) is 0. The van der Waals surface area contributed by atoms with Gasteiger partial charge in [0.05, 0.1) is 5.56 Å². The van der Waals surface area contributed by atoms with E-state index < -0.39 is 20.8 Å². The molecule has 0 aromatic heterocycles. The Hall–Kier alpha value is -0.290. The second-order valence-electron chi connectivity index (χ2n) is 3.30. The zero-order valence-corrected chi connectivity index (χ0v) is 9.51. The predicted octanol–water partition coefficient (Wildman–Crippen LogP) is 3.97. The summed E-state index contributed by atoms with van der Waals surface area (Å²) in [6, 6.07) is 5.18. The number of halogens is 3. The van der Waals surface area contributed by atoms with Crippen LogP contribution in [0.25, 0.3) is 0 Å². The van der Waals surface area contributed by atoms with Crippen molar-refractivity contribution in [3.05, 3.63) is 29.8 Å². The minimum atomic E-state index is -4.26. The van der Waals surface area contributed by atoms with Crippen molar-refractivity contribution in [3.63, 3.8) is 0 Å². The van der Waals surface area contributed by atoms with Gasteiger partial charge in [-0.15, -0.1) is 11.7 Å². The molecule has 1 rings (SSSR count). The van der Waals surface area contributed by atoms with E-state index in [-0.39, 0.29) is 0 Å².